The Kier molecular flexibility index (Phi) is 7.66. The molecular formula is C19H38N2O. The highest BCUT2D eigenvalue weighted by atomic mass is 16.5. The van der Waals surface area contributed by atoms with Crippen molar-refractivity contribution in [2.24, 2.45) is 11.8 Å². The number of likely N-dealkylation sites (N-methyl/N-ethyl adjacent to an activating group) is 1. The molecule has 2 rings (SSSR count). The SMILES string of the molecule is CC(C)O[C@H]1CC[C@H](CC[C@H](C)CN2CCN(C)CC2)CC1. The van der Waals surface area contributed by atoms with Crippen LogP contribution in [0.4, 0.5) is 0 Å². The molecule has 1 heterocycles. The zero-order chi connectivity index (χ0) is 15.9. The molecule has 0 aromatic heterocycles. The molecule has 22 heavy (non-hydrogen) atoms. The van der Waals surface area contributed by atoms with Gasteiger partial charge >= 0.3 is 0 Å². The summed E-state index contributed by atoms with van der Waals surface area (Å²) in [6, 6.07) is 0. The summed E-state index contributed by atoms with van der Waals surface area (Å²) in [6.45, 7) is 13.1. The van der Waals surface area contributed by atoms with Gasteiger partial charge in [0.15, 0.2) is 0 Å². The van der Waals surface area contributed by atoms with Gasteiger partial charge in [0.25, 0.3) is 0 Å². The quantitative estimate of drug-likeness (QED) is 0.714. The zero-order valence-electron chi connectivity index (χ0n) is 15.4. The molecule has 0 spiro atoms. The predicted molar refractivity (Wildman–Crippen MR) is 94.3 cm³/mol. The molecule has 1 aliphatic heterocycles. The van der Waals surface area contributed by atoms with Crippen molar-refractivity contribution in [3.63, 3.8) is 0 Å². The van der Waals surface area contributed by atoms with Gasteiger partial charge in [-0.2, -0.15) is 0 Å². The van der Waals surface area contributed by atoms with E-state index in [2.05, 4.69) is 37.6 Å². The van der Waals surface area contributed by atoms with Crippen molar-refractivity contribution in [2.75, 3.05) is 39.8 Å². The zero-order valence-corrected chi connectivity index (χ0v) is 15.4. The van der Waals surface area contributed by atoms with E-state index in [1.165, 1.54) is 71.2 Å². The highest BCUT2D eigenvalue weighted by Gasteiger charge is 2.23. The molecule has 3 heteroatoms. The van der Waals surface area contributed by atoms with Gasteiger partial charge in [-0.25, -0.2) is 0 Å². The van der Waals surface area contributed by atoms with E-state index >= 15 is 0 Å². The minimum Gasteiger partial charge on any atom is -0.376 e. The van der Waals surface area contributed by atoms with Crippen LogP contribution in [0.2, 0.25) is 0 Å². The van der Waals surface area contributed by atoms with Gasteiger partial charge in [0.2, 0.25) is 0 Å². The lowest BCUT2D eigenvalue weighted by molar-refractivity contribution is -0.0206. The summed E-state index contributed by atoms with van der Waals surface area (Å²) >= 11 is 0. The average molecular weight is 311 g/mol. The first kappa shape index (κ1) is 18.2. The van der Waals surface area contributed by atoms with Crippen molar-refractivity contribution >= 4 is 0 Å². The second kappa shape index (κ2) is 9.24. The molecule has 0 radical (unpaired) electrons. The number of hydrogen-bond donors (Lipinski definition) is 0. The Balaban J connectivity index is 1.56. The van der Waals surface area contributed by atoms with Crippen molar-refractivity contribution < 1.29 is 4.74 Å². The summed E-state index contributed by atoms with van der Waals surface area (Å²) in [5.41, 5.74) is 0. The summed E-state index contributed by atoms with van der Waals surface area (Å²) in [5.74, 6) is 1.81. The molecule has 0 aromatic rings. The molecule has 0 unspecified atom stereocenters. The molecular weight excluding hydrogens is 272 g/mol. The second-order valence-corrected chi connectivity index (χ2v) is 8.11. The van der Waals surface area contributed by atoms with Crippen molar-refractivity contribution in [1.29, 1.82) is 0 Å². The van der Waals surface area contributed by atoms with E-state index in [0.29, 0.717) is 12.2 Å². The molecule has 1 atom stereocenters. The number of piperazine rings is 1. The molecule has 0 bridgehead atoms. The van der Waals surface area contributed by atoms with Gasteiger partial charge < -0.3 is 14.5 Å². The lowest BCUT2D eigenvalue weighted by Gasteiger charge is -2.34. The molecule has 2 fully saturated rings. The Morgan fingerprint density at radius 1 is 0.955 bits per heavy atom. The van der Waals surface area contributed by atoms with Gasteiger partial charge in [0.1, 0.15) is 0 Å². The van der Waals surface area contributed by atoms with Crippen molar-refractivity contribution in [1.82, 2.24) is 9.80 Å². The molecule has 0 N–H and O–H groups in total. The van der Waals surface area contributed by atoms with Crippen LogP contribution in [0.3, 0.4) is 0 Å². The number of ether oxygens (including phenoxy) is 1. The largest absolute Gasteiger partial charge is 0.376 e. The molecule has 2 aliphatic rings. The van der Waals surface area contributed by atoms with Crippen LogP contribution in [0.15, 0.2) is 0 Å². The summed E-state index contributed by atoms with van der Waals surface area (Å²) in [4.78, 5) is 5.11. The fourth-order valence-corrected chi connectivity index (χ4v) is 4.02. The fourth-order valence-electron chi connectivity index (χ4n) is 4.02. The van der Waals surface area contributed by atoms with E-state index in [9.17, 15) is 0 Å². The number of nitrogens with zero attached hydrogens (tertiary/aromatic N) is 2. The maximum Gasteiger partial charge on any atom is 0.0578 e. The average Bonchev–Trinajstić information content (AvgIpc) is 2.48. The van der Waals surface area contributed by atoms with Crippen LogP contribution in [0.1, 0.15) is 59.3 Å². The second-order valence-electron chi connectivity index (χ2n) is 8.11. The van der Waals surface area contributed by atoms with E-state index in [4.69, 9.17) is 4.74 Å². The smallest absolute Gasteiger partial charge is 0.0578 e. The minimum absolute atomic E-state index is 0.394. The number of rotatable bonds is 7. The van der Waals surface area contributed by atoms with Gasteiger partial charge in [0.05, 0.1) is 12.2 Å². The van der Waals surface area contributed by atoms with Gasteiger partial charge in [-0.05, 0) is 64.8 Å². The first-order chi connectivity index (χ1) is 10.5. The Hall–Kier alpha value is -0.120. The van der Waals surface area contributed by atoms with Gasteiger partial charge in [-0.1, -0.05) is 13.3 Å². The van der Waals surface area contributed by atoms with Gasteiger partial charge in [-0.3, -0.25) is 0 Å². The maximum atomic E-state index is 5.96. The normalized spacial score (nSPS) is 29.9. The molecule has 1 aliphatic carbocycles. The predicted octanol–water partition coefficient (Wildman–Crippen LogP) is 3.63. The van der Waals surface area contributed by atoms with Crippen LogP contribution in [0.5, 0.6) is 0 Å². The van der Waals surface area contributed by atoms with Crippen LogP contribution in [-0.4, -0.2) is 61.8 Å². The third kappa shape index (κ3) is 6.55. The van der Waals surface area contributed by atoms with E-state index < -0.39 is 0 Å². The first-order valence-corrected chi connectivity index (χ1v) is 9.59. The van der Waals surface area contributed by atoms with Gasteiger partial charge in [0, 0.05) is 32.7 Å². The molecule has 1 saturated carbocycles. The minimum atomic E-state index is 0.394. The third-order valence-corrected chi connectivity index (χ3v) is 5.49. The van der Waals surface area contributed by atoms with E-state index in [1.54, 1.807) is 0 Å². The fraction of sp³-hybridized carbons (Fsp3) is 1.00. The lowest BCUT2D eigenvalue weighted by atomic mass is 9.83. The van der Waals surface area contributed by atoms with Crippen molar-refractivity contribution in [3.05, 3.63) is 0 Å². The van der Waals surface area contributed by atoms with E-state index in [0.717, 1.165) is 11.8 Å². The van der Waals surface area contributed by atoms with Crippen LogP contribution in [0.25, 0.3) is 0 Å². The topological polar surface area (TPSA) is 15.7 Å². The van der Waals surface area contributed by atoms with Crippen molar-refractivity contribution in [3.8, 4) is 0 Å². The highest BCUT2D eigenvalue weighted by Crippen LogP contribution is 2.31. The van der Waals surface area contributed by atoms with E-state index in [1.807, 2.05) is 0 Å². The van der Waals surface area contributed by atoms with Crippen LogP contribution < -0.4 is 0 Å². The van der Waals surface area contributed by atoms with Crippen LogP contribution in [-0.2, 0) is 4.74 Å². The standard InChI is InChI=1S/C19H38N2O/c1-16(2)22-19-9-7-18(8-10-19)6-5-17(3)15-21-13-11-20(4)12-14-21/h16-19H,5-15H2,1-4H3/t17-,18-,19-/m0/s1. The maximum absolute atomic E-state index is 5.96. The summed E-state index contributed by atoms with van der Waals surface area (Å²) < 4.78 is 5.96. The summed E-state index contributed by atoms with van der Waals surface area (Å²) in [6.07, 6.45) is 9.13. The molecule has 3 nitrogen and oxygen atoms in total. The Bertz CT molecular complexity index is 292. The van der Waals surface area contributed by atoms with Crippen LogP contribution >= 0.6 is 0 Å². The summed E-state index contributed by atoms with van der Waals surface area (Å²) in [5, 5.41) is 0. The highest BCUT2D eigenvalue weighted by molar-refractivity contribution is 4.76. The molecule has 0 amide bonds. The number of hydrogen-bond acceptors (Lipinski definition) is 3. The Morgan fingerprint density at radius 2 is 1.59 bits per heavy atom. The molecule has 1 saturated heterocycles. The van der Waals surface area contributed by atoms with Crippen molar-refractivity contribution in [2.45, 2.75) is 71.5 Å². The molecule has 0 aromatic carbocycles. The summed E-state index contributed by atoms with van der Waals surface area (Å²) in [7, 11) is 2.24. The van der Waals surface area contributed by atoms with Crippen LogP contribution in [0, 0.1) is 11.8 Å². The Morgan fingerprint density at radius 3 is 2.18 bits per heavy atom. The Labute approximate surface area is 138 Å². The third-order valence-electron chi connectivity index (χ3n) is 5.49. The first-order valence-electron chi connectivity index (χ1n) is 9.59. The monoisotopic (exact) mass is 310 g/mol. The van der Waals surface area contributed by atoms with Gasteiger partial charge in [-0.15, -0.1) is 0 Å². The lowest BCUT2D eigenvalue weighted by Crippen LogP contribution is -2.45. The molecule has 130 valence electrons. The van der Waals surface area contributed by atoms with E-state index in [-0.39, 0.29) is 0 Å².